The second kappa shape index (κ2) is 8.43. The molecular weight excluding hydrogens is 432 g/mol. The highest BCUT2D eigenvalue weighted by Gasteiger charge is 2.21. The number of carbonyl (C=O) groups excluding carboxylic acids is 2. The Hall–Kier alpha value is -4.53. The predicted molar refractivity (Wildman–Crippen MR) is 125 cm³/mol. The zero-order valence-electron chi connectivity index (χ0n) is 18.6. The molecule has 3 aromatic rings. The van der Waals surface area contributed by atoms with Crippen LogP contribution in [0.4, 0.5) is 0 Å². The number of ketones is 2. The van der Waals surface area contributed by atoms with Crippen molar-refractivity contribution in [3.8, 4) is 11.5 Å². The van der Waals surface area contributed by atoms with E-state index in [1.807, 2.05) is 24.3 Å². The third kappa shape index (κ3) is 3.77. The van der Waals surface area contributed by atoms with Gasteiger partial charge in [0.05, 0.1) is 19.4 Å². The van der Waals surface area contributed by atoms with E-state index in [1.54, 1.807) is 35.2 Å². The van der Waals surface area contributed by atoms with E-state index < -0.39 is 5.69 Å². The van der Waals surface area contributed by atoms with Crippen molar-refractivity contribution < 1.29 is 9.59 Å². The van der Waals surface area contributed by atoms with E-state index in [4.69, 9.17) is 0 Å². The lowest BCUT2D eigenvalue weighted by Crippen LogP contribution is -2.18. The fraction of sp³-hybridized carbons (Fsp3) is 0.160. The van der Waals surface area contributed by atoms with Crippen LogP contribution in [-0.4, -0.2) is 40.6 Å². The van der Waals surface area contributed by atoms with Crippen molar-refractivity contribution in [3.63, 3.8) is 0 Å². The van der Waals surface area contributed by atoms with Crippen molar-refractivity contribution in [2.75, 3.05) is 0 Å². The monoisotopic (exact) mass is 452 g/mol. The first-order chi connectivity index (χ1) is 16.4. The van der Waals surface area contributed by atoms with Crippen LogP contribution in [0.1, 0.15) is 45.7 Å². The molecule has 0 atom stereocenters. The Kier molecular flexibility index (Phi) is 5.29. The molecule has 34 heavy (non-hydrogen) atoms. The zero-order valence-corrected chi connectivity index (χ0v) is 18.6. The van der Waals surface area contributed by atoms with E-state index in [0.717, 1.165) is 11.1 Å². The topological polar surface area (TPSA) is 113 Å². The molecule has 2 aliphatic rings. The summed E-state index contributed by atoms with van der Waals surface area (Å²) in [6, 6.07) is 14.5. The van der Waals surface area contributed by atoms with Crippen LogP contribution in [-0.2, 0) is 13.1 Å². The SMILES string of the molecule is CC(=O)c1cccc(Cn2c3ncnc4c(ncn4Cc4ccccc4C(C)=O)c-3nc2=O)c1. The van der Waals surface area contributed by atoms with Crippen molar-refractivity contribution in [2.24, 2.45) is 0 Å². The first-order valence-corrected chi connectivity index (χ1v) is 10.7. The quantitative estimate of drug-likeness (QED) is 0.364. The smallest absolute Gasteiger partial charge is 0.311 e. The molecule has 0 bridgehead atoms. The summed E-state index contributed by atoms with van der Waals surface area (Å²) >= 11 is 0. The number of aromatic nitrogens is 6. The molecule has 0 saturated carbocycles. The molecule has 0 saturated heterocycles. The molecule has 0 aliphatic carbocycles. The van der Waals surface area contributed by atoms with E-state index >= 15 is 0 Å². The van der Waals surface area contributed by atoms with E-state index in [9.17, 15) is 14.4 Å². The van der Waals surface area contributed by atoms with Crippen LogP contribution < -0.4 is 5.69 Å². The molecule has 9 heteroatoms. The number of imidazole rings is 2. The van der Waals surface area contributed by atoms with Gasteiger partial charge in [-0.3, -0.25) is 14.2 Å². The number of carbonyl (C=O) groups is 2. The lowest BCUT2D eigenvalue weighted by Gasteiger charge is -2.07. The largest absolute Gasteiger partial charge is 0.350 e. The normalized spacial score (nSPS) is 11.2. The summed E-state index contributed by atoms with van der Waals surface area (Å²) in [6.07, 6.45) is 3.00. The van der Waals surface area contributed by atoms with Crippen molar-refractivity contribution in [1.29, 1.82) is 0 Å². The maximum atomic E-state index is 12.8. The highest BCUT2D eigenvalue weighted by Crippen LogP contribution is 2.24. The number of hydrogen-bond donors (Lipinski definition) is 0. The van der Waals surface area contributed by atoms with Crippen LogP contribution in [0.25, 0.3) is 22.7 Å². The third-order valence-electron chi connectivity index (χ3n) is 5.71. The summed E-state index contributed by atoms with van der Waals surface area (Å²) in [4.78, 5) is 54.0. The maximum Gasteiger partial charge on any atom is 0.350 e. The number of fused-ring (bicyclic) bond motifs is 3. The summed E-state index contributed by atoms with van der Waals surface area (Å²) in [5, 5.41) is 0. The Bertz CT molecular complexity index is 1600. The molecule has 3 heterocycles. The number of benzene rings is 2. The average molecular weight is 452 g/mol. The Morgan fingerprint density at radius 2 is 1.74 bits per heavy atom. The van der Waals surface area contributed by atoms with Crippen LogP contribution in [0, 0.1) is 0 Å². The summed E-state index contributed by atoms with van der Waals surface area (Å²) in [7, 11) is 0. The number of rotatable bonds is 6. The lowest BCUT2D eigenvalue weighted by atomic mass is 10.0. The molecule has 0 fully saturated rings. The molecule has 2 aliphatic heterocycles. The van der Waals surface area contributed by atoms with Gasteiger partial charge in [0, 0.05) is 11.1 Å². The Morgan fingerprint density at radius 1 is 0.912 bits per heavy atom. The minimum absolute atomic E-state index is 0.0221. The van der Waals surface area contributed by atoms with Gasteiger partial charge in [0.2, 0.25) is 0 Å². The Labute approximate surface area is 194 Å². The summed E-state index contributed by atoms with van der Waals surface area (Å²) in [5.41, 5.74) is 3.66. The molecule has 0 radical (unpaired) electrons. The Morgan fingerprint density at radius 3 is 2.53 bits per heavy atom. The van der Waals surface area contributed by atoms with Crippen molar-refractivity contribution in [2.45, 2.75) is 26.9 Å². The van der Waals surface area contributed by atoms with Crippen LogP contribution in [0.5, 0.6) is 0 Å². The predicted octanol–water partition coefficient (Wildman–Crippen LogP) is 2.99. The van der Waals surface area contributed by atoms with Gasteiger partial charge in [-0.05, 0) is 31.0 Å². The Balaban J connectivity index is 1.56. The first kappa shape index (κ1) is 21.3. The summed E-state index contributed by atoms with van der Waals surface area (Å²) in [5.74, 6) is 0.285. The van der Waals surface area contributed by atoms with E-state index in [1.165, 1.54) is 24.7 Å². The van der Waals surface area contributed by atoms with Crippen molar-refractivity contribution >= 4 is 22.7 Å². The molecule has 5 rings (SSSR count). The van der Waals surface area contributed by atoms with Gasteiger partial charge in [0.15, 0.2) is 23.0 Å². The molecule has 0 N–H and O–H groups in total. The number of Topliss-reactive ketones (excluding diaryl/α,β-unsaturated/α-hetero) is 2. The summed E-state index contributed by atoms with van der Waals surface area (Å²) in [6.45, 7) is 3.63. The molecule has 0 unspecified atom stereocenters. The fourth-order valence-electron chi connectivity index (χ4n) is 4.05. The van der Waals surface area contributed by atoms with Gasteiger partial charge in [-0.25, -0.2) is 19.7 Å². The second-order valence-corrected chi connectivity index (χ2v) is 8.04. The average Bonchev–Trinajstić information content (AvgIpc) is 3.29. The summed E-state index contributed by atoms with van der Waals surface area (Å²) < 4.78 is 3.25. The van der Waals surface area contributed by atoms with Gasteiger partial charge in [0.25, 0.3) is 0 Å². The fourth-order valence-corrected chi connectivity index (χ4v) is 4.05. The maximum absolute atomic E-state index is 12.8. The van der Waals surface area contributed by atoms with Crippen LogP contribution in [0.3, 0.4) is 0 Å². The molecular formula is C25H20N6O3. The van der Waals surface area contributed by atoms with Gasteiger partial charge in [-0.15, -0.1) is 0 Å². The van der Waals surface area contributed by atoms with Crippen molar-refractivity contribution in [3.05, 3.63) is 93.9 Å². The minimum Gasteiger partial charge on any atom is -0.311 e. The van der Waals surface area contributed by atoms with Gasteiger partial charge in [0.1, 0.15) is 17.5 Å². The van der Waals surface area contributed by atoms with E-state index in [2.05, 4.69) is 19.9 Å². The van der Waals surface area contributed by atoms with E-state index in [0.29, 0.717) is 40.4 Å². The standard InChI is InChI=1S/C25H20N6O3/c1-15(32)18-8-5-6-17(10-18)11-31-24-22(29-25(31)34)21-23(26-13-27-24)30(14-28-21)12-19-7-3-4-9-20(19)16(2)33/h3-10,13-14H,11-12H2,1-2H3. The van der Waals surface area contributed by atoms with Gasteiger partial charge >= 0.3 is 5.69 Å². The van der Waals surface area contributed by atoms with Gasteiger partial charge in [-0.2, -0.15) is 4.98 Å². The van der Waals surface area contributed by atoms with Crippen LogP contribution in [0.15, 0.2) is 66.0 Å². The lowest BCUT2D eigenvalue weighted by molar-refractivity contribution is 0.100. The molecule has 1 aromatic heterocycles. The molecule has 0 amide bonds. The second-order valence-electron chi connectivity index (χ2n) is 8.04. The van der Waals surface area contributed by atoms with Gasteiger partial charge in [-0.1, -0.05) is 42.5 Å². The minimum atomic E-state index is -0.459. The number of hydrogen-bond acceptors (Lipinski definition) is 7. The third-order valence-corrected chi connectivity index (χ3v) is 5.71. The number of nitrogens with zero attached hydrogens (tertiary/aromatic N) is 6. The van der Waals surface area contributed by atoms with Crippen LogP contribution >= 0.6 is 0 Å². The van der Waals surface area contributed by atoms with E-state index in [-0.39, 0.29) is 18.1 Å². The highest BCUT2D eigenvalue weighted by atomic mass is 16.1. The molecule has 2 aromatic carbocycles. The first-order valence-electron chi connectivity index (χ1n) is 10.7. The highest BCUT2D eigenvalue weighted by molar-refractivity contribution is 5.95. The molecule has 0 spiro atoms. The van der Waals surface area contributed by atoms with Crippen LogP contribution in [0.2, 0.25) is 0 Å². The molecule has 168 valence electrons. The van der Waals surface area contributed by atoms with Crippen molar-refractivity contribution in [1.82, 2.24) is 29.1 Å². The zero-order chi connectivity index (χ0) is 23.8. The molecule has 9 nitrogen and oxygen atoms in total. The van der Waals surface area contributed by atoms with Gasteiger partial charge < -0.3 is 4.57 Å².